The Balaban J connectivity index is 2.79. The Morgan fingerprint density at radius 3 is 3.18 bits per heavy atom. The smallest absolute Gasteiger partial charge is 0.0633 e. The average molecular weight is 147 g/mol. The van der Waals surface area contributed by atoms with Crippen LogP contribution in [0.3, 0.4) is 0 Å². The largest absolute Gasteiger partial charge is 0.361 e. The molecule has 2 aromatic heterocycles. The van der Waals surface area contributed by atoms with Crippen LogP contribution in [0.4, 0.5) is 0 Å². The van der Waals surface area contributed by atoms with Crippen LogP contribution in [0.15, 0.2) is 24.5 Å². The van der Waals surface area contributed by atoms with Gasteiger partial charge in [-0.25, -0.2) is 0 Å². The lowest BCUT2D eigenvalue weighted by molar-refractivity contribution is 1.01. The molecule has 0 spiro atoms. The van der Waals surface area contributed by atoms with Crippen LogP contribution in [0.2, 0.25) is 0 Å². The van der Waals surface area contributed by atoms with Crippen LogP contribution < -0.4 is 5.73 Å². The number of H-pyrrole nitrogens is 1. The molecule has 0 amide bonds. The molecule has 11 heavy (non-hydrogen) atoms. The van der Waals surface area contributed by atoms with Crippen molar-refractivity contribution in [3.05, 3.63) is 30.2 Å². The predicted molar refractivity (Wildman–Crippen MR) is 44.0 cm³/mol. The van der Waals surface area contributed by atoms with Crippen LogP contribution in [0, 0.1) is 0 Å². The number of nitrogens with zero attached hydrogens (tertiary/aromatic N) is 1. The summed E-state index contributed by atoms with van der Waals surface area (Å²) in [6.07, 6.45) is 3.66. The molecule has 2 heterocycles. The van der Waals surface area contributed by atoms with Crippen LogP contribution in [0.1, 0.15) is 5.69 Å². The molecule has 2 rings (SSSR count). The molecule has 3 N–H and O–H groups in total. The summed E-state index contributed by atoms with van der Waals surface area (Å²) in [5.74, 6) is 0. The second-order valence-corrected chi connectivity index (χ2v) is 2.40. The number of nitrogens with one attached hydrogen (secondary N) is 1. The summed E-state index contributed by atoms with van der Waals surface area (Å²) < 4.78 is 0. The van der Waals surface area contributed by atoms with Gasteiger partial charge in [0.1, 0.15) is 0 Å². The van der Waals surface area contributed by atoms with Crippen LogP contribution in [-0.2, 0) is 6.54 Å². The second kappa shape index (κ2) is 2.36. The lowest BCUT2D eigenvalue weighted by Gasteiger charge is -1.95. The highest BCUT2D eigenvalue weighted by Crippen LogP contribution is 2.13. The number of hydrogen-bond donors (Lipinski definition) is 2. The summed E-state index contributed by atoms with van der Waals surface area (Å²) in [6.45, 7) is 0.495. The topological polar surface area (TPSA) is 54.7 Å². The molecule has 0 aliphatic rings. The van der Waals surface area contributed by atoms with Crippen molar-refractivity contribution in [1.29, 1.82) is 0 Å². The van der Waals surface area contributed by atoms with Crippen molar-refractivity contribution in [3.8, 4) is 0 Å². The molecule has 0 bridgehead atoms. The molecule has 0 atom stereocenters. The van der Waals surface area contributed by atoms with Gasteiger partial charge in [-0.1, -0.05) is 0 Å². The van der Waals surface area contributed by atoms with Gasteiger partial charge >= 0.3 is 0 Å². The normalized spacial score (nSPS) is 10.6. The first kappa shape index (κ1) is 6.37. The standard InChI is InChI=1S/C8H9N3/c9-5-8-6-1-3-10-7(6)2-4-11-8/h1-4,10H,5,9H2. The Bertz CT molecular complexity index is 364. The van der Waals surface area contributed by atoms with E-state index in [1.165, 1.54) is 0 Å². The maximum atomic E-state index is 5.50. The van der Waals surface area contributed by atoms with Crippen molar-refractivity contribution in [2.75, 3.05) is 0 Å². The number of hydrogen-bond acceptors (Lipinski definition) is 2. The molecule has 0 unspecified atom stereocenters. The molecule has 3 nitrogen and oxygen atoms in total. The van der Waals surface area contributed by atoms with E-state index in [0.29, 0.717) is 6.54 Å². The van der Waals surface area contributed by atoms with E-state index in [9.17, 15) is 0 Å². The molecule has 0 aromatic carbocycles. The molecule has 0 saturated carbocycles. The minimum Gasteiger partial charge on any atom is -0.361 e. The van der Waals surface area contributed by atoms with E-state index in [1.807, 2.05) is 18.3 Å². The number of aromatic nitrogens is 2. The van der Waals surface area contributed by atoms with E-state index in [4.69, 9.17) is 5.73 Å². The van der Waals surface area contributed by atoms with Gasteiger partial charge in [0.25, 0.3) is 0 Å². The van der Waals surface area contributed by atoms with Crippen molar-refractivity contribution in [2.24, 2.45) is 5.73 Å². The van der Waals surface area contributed by atoms with Gasteiger partial charge in [-0.05, 0) is 12.1 Å². The molecular weight excluding hydrogens is 138 g/mol. The van der Waals surface area contributed by atoms with Gasteiger partial charge in [-0.2, -0.15) is 0 Å². The lowest BCUT2D eigenvalue weighted by Crippen LogP contribution is -1.98. The molecule has 0 aliphatic carbocycles. The van der Waals surface area contributed by atoms with Gasteiger partial charge in [0.2, 0.25) is 0 Å². The van der Waals surface area contributed by atoms with Gasteiger partial charge in [-0.15, -0.1) is 0 Å². The van der Waals surface area contributed by atoms with Gasteiger partial charge < -0.3 is 10.7 Å². The van der Waals surface area contributed by atoms with Crippen molar-refractivity contribution in [2.45, 2.75) is 6.54 Å². The van der Waals surface area contributed by atoms with Gasteiger partial charge in [0.15, 0.2) is 0 Å². The maximum absolute atomic E-state index is 5.50. The highest BCUT2D eigenvalue weighted by atomic mass is 14.8. The summed E-state index contributed by atoms with van der Waals surface area (Å²) in [5, 5.41) is 1.12. The highest BCUT2D eigenvalue weighted by Gasteiger charge is 1.98. The lowest BCUT2D eigenvalue weighted by atomic mass is 10.2. The van der Waals surface area contributed by atoms with Gasteiger partial charge in [-0.3, -0.25) is 4.98 Å². The van der Waals surface area contributed by atoms with E-state index >= 15 is 0 Å². The monoisotopic (exact) mass is 147 g/mol. The summed E-state index contributed by atoms with van der Waals surface area (Å²) in [5.41, 5.74) is 7.54. The van der Waals surface area contributed by atoms with E-state index in [1.54, 1.807) is 6.20 Å². The van der Waals surface area contributed by atoms with Crippen LogP contribution in [-0.4, -0.2) is 9.97 Å². The van der Waals surface area contributed by atoms with Crippen LogP contribution in [0.5, 0.6) is 0 Å². The zero-order chi connectivity index (χ0) is 7.68. The zero-order valence-corrected chi connectivity index (χ0v) is 6.04. The van der Waals surface area contributed by atoms with Crippen molar-refractivity contribution >= 4 is 10.9 Å². The van der Waals surface area contributed by atoms with E-state index in [0.717, 1.165) is 16.6 Å². The SMILES string of the molecule is NCc1nccc2[nH]ccc12. The Hall–Kier alpha value is -1.35. The maximum Gasteiger partial charge on any atom is 0.0633 e. The van der Waals surface area contributed by atoms with Crippen LogP contribution in [0.25, 0.3) is 10.9 Å². The number of fused-ring (bicyclic) bond motifs is 1. The zero-order valence-electron chi connectivity index (χ0n) is 6.04. The van der Waals surface area contributed by atoms with Gasteiger partial charge in [0, 0.05) is 29.8 Å². The Labute approximate surface area is 64.2 Å². The fourth-order valence-corrected chi connectivity index (χ4v) is 1.21. The number of aromatic amines is 1. The third kappa shape index (κ3) is 0.897. The summed E-state index contributed by atoms with van der Waals surface area (Å²) in [4.78, 5) is 7.25. The highest BCUT2D eigenvalue weighted by molar-refractivity contribution is 5.81. The van der Waals surface area contributed by atoms with Gasteiger partial charge in [0.05, 0.1) is 5.69 Å². The minimum absolute atomic E-state index is 0.495. The Morgan fingerprint density at radius 1 is 1.45 bits per heavy atom. The minimum atomic E-state index is 0.495. The van der Waals surface area contributed by atoms with Crippen molar-refractivity contribution in [3.63, 3.8) is 0 Å². The predicted octanol–water partition coefficient (Wildman–Crippen LogP) is 1.02. The fourth-order valence-electron chi connectivity index (χ4n) is 1.21. The quantitative estimate of drug-likeness (QED) is 0.632. The molecule has 0 fully saturated rings. The molecule has 56 valence electrons. The number of pyridine rings is 1. The van der Waals surface area contributed by atoms with Crippen molar-refractivity contribution < 1.29 is 0 Å². The van der Waals surface area contributed by atoms with Crippen molar-refractivity contribution in [1.82, 2.24) is 9.97 Å². The number of nitrogens with two attached hydrogens (primary N) is 1. The first-order valence-corrected chi connectivity index (χ1v) is 3.53. The molecule has 3 heteroatoms. The number of rotatable bonds is 1. The second-order valence-electron chi connectivity index (χ2n) is 2.40. The first-order valence-electron chi connectivity index (χ1n) is 3.53. The molecular formula is C8H9N3. The molecule has 0 saturated heterocycles. The molecule has 0 aliphatic heterocycles. The first-order chi connectivity index (χ1) is 5.42. The third-order valence-corrected chi connectivity index (χ3v) is 1.75. The molecule has 2 aromatic rings. The third-order valence-electron chi connectivity index (χ3n) is 1.75. The summed E-state index contributed by atoms with van der Waals surface area (Å²) in [7, 11) is 0. The van der Waals surface area contributed by atoms with E-state index < -0.39 is 0 Å². The molecule has 0 radical (unpaired) electrons. The summed E-state index contributed by atoms with van der Waals surface area (Å²) >= 11 is 0. The Morgan fingerprint density at radius 2 is 2.36 bits per heavy atom. The van der Waals surface area contributed by atoms with E-state index in [2.05, 4.69) is 9.97 Å². The fraction of sp³-hybridized carbons (Fsp3) is 0.125. The summed E-state index contributed by atoms with van der Waals surface area (Å²) in [6, 6.07) is 3.93. The Kier molecular flexibility index (Phi) is 1.36. The average Bonchev–Trinajstić information content (AvgIpc) is 2.50. The van der Waals surface area contributed by atoms with E-state index in [-0.39, 0.29) is 0 Å². The van der Waals surface area contributed by atoms with Crippen LogP contribution >= 0.6 is 0 Å².